The molecule has 7 aromatic carbocycles. The summed E-state index contributed by atoms with van der Waals surface area (Å²) in [6.45, 7) is 22.4. The Balaban J connectivity index is 0.000000155. The number of hydroxylamine groups is 4. The standard InChI is InChI=1S/C27H35FN2O3.C24H27FN2O3.C21H27FN4O2.C21H18FN3O2/c1-4-15-30(16-5-2)18-19(3)17-23(31)20-11-13-22(14-12-20)25-24(21-9-7-6-8-10-21)27(25,28)26(32)29-33;25-24(23(29)26-30)21(18-7-2-1-3-8-18)22(24)19-12-10-17(11-13-19)20(28)9-6-16-27-14-4-5-15-27;1-3-26(4-2)13-12-23-17-11-10-16(14-24-17)19-18(15-8-6-5-7-9-15)21(19,22)20(27)25-28;1-13-11-24-17(12-23-13)14-7-9-16(10-8-14)19-18(15-5-3-2-4-6-15)21(19,22)20(26)25-27/h6-14,19,24-25,33H,4-5,15-18H2,1-3H3,(H,29,32);1-3,7-8,10-13,21-22,30H,4-6,9,14-16H2,(H,26,29);5-11,14,18-19,28H,3-4,12-13H2,1-2H3,(H,23,24)(H,25,27);2-12,18-19,27H,1H3,(H,25,26)/t19-,24-,25-,27+;21-,22-,24+;2*18-,19-,21+/m1111/s1. The first kappa shape index (κ1) is 88.1. The van der Waals surface area contributed by atoms with Crippen molar-refractivity contribution >= 4 is 41.0 Å². The predicted molar refractivity (Wildman–Crippen MR) is 443 cm³/mol. The molecule has 3 heterocycles. The minimum Gasteiger partial charge on any atom is -0.369 e. The summed E-state index contributed by atoms with van der Waals surface area (Å²) in [4.78, 5) is 93.6. The van der Waals surface area contributed by atoms with Gasteiger partial charge >= 0.3 is 0 Å². The lowest BCUT2D eigenvalue weighted by Crippen LogP contribution is -2.33. The minimum absolute atomic E-state index is 0.0667. The van der Waals surface area contributed by atoms with Crippen LogP contribution in [-0.4, -0.2) is 174 Å². The molecular weight excluding hydrogens is 1510 g/mol. The fourth-order valence-corrected chi connectivity index (χ4v) is 17.2. The number of ketones is 2. The van der Waals surface area contributed by atoms with Gasteiger partial charge in [-0.3, -0.25) is 59.6 Å². The van der Waals surface area contributed by atoms with Gasteiger partial charge in [0, 0.05) is 109 Å². The van der Waals surface area contributed by atoms with Crippen molar-refractivity contribution in [2.24, 2.45) is 5.92 Å². The molecule has 5 aliphatic rings. The Kier molecular flexibility index (Phi) is 29.9. The van der Waals surface area contributed by atoms with Crippen LogP contribution in [0.5, 0.6) is 0 Å². The largest absolute Gasteiger partial charge is 0.369 e. The van der Waals surface area contributed by atoms with Gasteiger partial charge < -0.3 is 20.0 Å². The molecule has 9 aromatic rings. The van der Waals surface area contributed by atoms with Crippen molar-refractivity contribution in [1.29, 1.82) is 0 Å². The number of benzene rings is 7. The normalized spacial score (nSPS) is 23.9. The molecule has 9 N–H and O–H groups in total. The van der Waals surface area contributed by atoms with Crippen molar-refractivity contribution < 1.29 is 67.2 Å². The van der Waals surface area contributed by atoms with E-state index in [2.05, 4.69) is 69.6 Å². The number of Topliss-reactive ketones (excluding diaryl/α,β-unsaturated/α-hetero) is 2. The van der Waals surface area contributed by atoms with Gasteiger partial charge in [-0.2, -0.15) is 0 Å². The van der Waals surface area contributed by atoms with Crippen molar-refractivity contribution in [3.63, 3.8) is 0 Å². The van der Waals surface area contributed by atoms with Crippen molar-refractivity contribution in [2.75, 3.05) is 70.8 Å². The predicted octanol–water partition coefficient (Wildman–Crippen LogP) is 15.4. The SMILES string of the molecule is CCCN(CCC)C[C@H](C)CC(=O)c1ccc([C@@H]2[C@@H](c3ccccc3)[C@@]2(F)C(=O)NO)cc1.CCN(CC)CCNc1ccc([C@@H]2[C@@H](c3ccccc3)[C@@]2(F)C(=O)NO)cn1.Cc1cnc(-c2ccc([C@@H]3[C@@H](c4ccccc4)[C@@]3(F)C(=O)NO)cc2)cn1.O=C(CCCN1CCCC1)c1ccc([C@@H]2[C@@H](c3ccccc3)[C@@]2(F)C(=O)NO)cc1. The molecule has 2 aromatic heterocycles. The Morgan fingerprint density at radius 1 is 0.441 bits per heavy atom. The number of nitrogens with one attached hydrogen (secondary N) is 5. The van der Waals surface area contributed by atoms with Gasteiger partial charge in [0.25, 0.3) is 23.6 Å². The third-order valence-electron chi connectivity index (χ3n) is 23.5. The zero-order valence-electron chi connectivity index (χ0n) is 67.5. The van der Waals surface area contributed by atoms with Gasteiger partial charge in [0.1, 0.15) is 5.82 Å². The van der Waals surface area contributed by atoms with E-state index in [0.717, 1.165) is 113 Å². The highest BCUT2D eigenvalue weighted by molar-refractivity contribution is 5.98. The number of alkyl halides is 4. The van der Waals surface area contributed by atoms with E-state index in [0.29, 0.717) is 63.2 Å². The summed E-state index contributed by atoms with van der Waals surface area (Å²) in [6, 6.07) is 60.7. The molecule has 1 aliphatic heterocycles. The van der Waals surface area contributed by atoms with E-state index in [1.165, 1.54) is 34.8 Å². The Labute approximate surface area is 687 Å². The molecule has 1 saturated heterocycles. The number of likely N-dealkylation sites (tertiary alicyclic amines) is 1. The second kappa shape index (κ2) is 40.1. The van der Waals surface area contributed by atoms with Crippen molar-refractivity contribution in [2.45, 2.75) is 157 Å². The summed E-state index contributed by atoms with van der Waals surface area (Å²) >= 11 is 0. The van der Waals surface area contributed by atoms with Gasteiger partial charge in [-0.1, -0.05) is 235 Å². The highest BCUT2D eigenvalue weighted by Crippen LogP contribution is 2.69. The first-order chi connectivity index (χ1) is 57.0. The van der Waals surface area contributed by atoms with Crippen LogP contribution < -0.4 is 27.2 Å². The average Bonchev–Trinajstić information content (AvgIpc) is 1.54. The molecule has 5 fully saturated rings. The van der Waals surface area contributed by atoms with Gasteiger partial charge in [-0.15, -0.1) is 0 Å². The number of nitrogens with zero attached hydrogens (tertiary/aromatic N) is 6. The highest BCUT2D eigenvalue weighted by atomic mass is 19.2. The number of aromatic nitrogens is 3. The lowest BCUT2D eigenvalue weighted by atomic mass is 9.97. The monoisotopic (exact) mass is 1610 g/mol. The lowest BCUT2D eigenvalue weighted by Gasteiger charge is -2.24. The smallest absolute Gasteiger partial charge is 0.282 e. The number of hydrogen-bond donors (Lipinski definition) is 9. The van der Waals surface area contributed by atoms with E-state index in [9.17, 15) is 28.8 Å². The highest BCUT2D eigenvalue weighted by Gasteiger charge is 2.75. The molecule has 4 aliphatic carbocycles. The van der Waals surface area contributed by atoms with Gasteiger partial charge in [0.05, 0.1) is 17.6 Å². The van der Waals surface area contributed by atoms with Crippen LogP contribution >= 0.6 is 0 Å². The summed E-state index contributed by atoms with van der Waals surface area (Å²) in [7, 11) is 0. The second-order valence-corrected chi connectivity index (χ2v) is 31.2. The van der Waals surface area contributed by atoms with Crippen LogP contribution in [0.25, 0.3) is 11.3 Å². The number of anilines is 1. The average molecular weight is 1610 g/mol. The molecule has 4 saturated carbocycles. The van der Waals surface area contributed by atoms with Crippen LogP contribution in [0.3, 0.4) is 0 Å². The zero-order chi connectivity index (χ0) is 84.3. The number of hydrogen-bond acceptors (Lipinski definition) is 17. The van der Waals surface area contributed by atoms with Crippen molar-refractivity contribution in [3.05, 3.63) is 286 Å². The van der Waals surface area contributed by atoms with E-state index in [-0.39, 0.29) is 17.5 Å². The quantitative estimate of drug-likeness (QED) is 0.00799. The first-order valence-corrected chi connectivity index (χ1v) is 40.8. The molecule has 25 heteroatoms. The minimum atomic E-state index is -2.22. The maximum Gasteiger partial charge on any atom is 0.282 e. The Bertz CT molecular complexity index is 4770. The summed E-state index contributed by atoms with van der Waals surface area (Å²) in [5, 5.41) is 39.4. The second-order valence-electron chi connectivity index (χ2n) is 31.2. The Hall–Kier alpha value is -10.8. The number of aryl methyl sites for hydroxylation is 1. The molecule has 0 bridgehead atoms. The number of pyridine rings is 1. The number of rotatable bonds is 33. The summed E-state index contributed by atoms with van der Waals surface area (Å²) in [6.07, 6.45) is 11.4. The van der Waals surface area contributed by atoms with Crippen LogP contribution in [0.2, 0.25) is 0 Å². The third kappa shape index (κ3) is 19.8. The van der Waals surface area contributed by atoms with Gasteiger partial charge in [-0.05, 0) is 141 Å². The van der Waals surface area contributed by atoms with Crippen molar-refractivity contribution in [1.82, 2.24) is 51.6 Å². The van der Waals surface area contributed by atoms with Crippen LogP contribution in [0.15, 0.2) is 225 Å². The topological polar surface area (TPSA) is 292 Å². The van der Waals surface area contributed by atoms with Crippen LogP contribution in [0.1, 0.15) is 198 Å². The maximum absolute atomic E-state index is 15.6. The van der Waals surface area contributed by atoms with E-state index in [4.69, 9.17) is 20.8 Å². The molecular formula is C93H107F4N11O10. The van der Waals surface area contributed by atoms with Crippen molar-refractivity contribution in [3.8, 4) is 11.3 Å². The molecule has 118 heavy (non-hydrogen) atoms. The molecule has 14 rings (SSSR count). The summed E-state index contributed by atoms with van der Waals surface area (Å²) < 4.78 is 62.1. The number of halogens is 4. The van der Waals surface area contributed by atoms with E-state index >= 15 is 17.6 Å². The van der Waals surface area contributed by atoms with Crippen LogP contribution in [0.4, 0.5) is 23.4 Å². The molecule has 0 unspecified atom stereocenters. The van der Waals surface area contributed by atoms with E-state index in [1.807, 2.05) is 55.5 Å². The number of carbonyl (C=O) groups is 6. The first-order valence-electron chi connectivity index (χ1n) is 40.8. The number of amides is 4. The fraction of sp³-hybridized carbons (Fsp3) is 0.387. The van der Waals surface area contributed by atoms with E-state index in [1.54, 1.807) is 176 Å². The van der Waals surface area contributed by atoms with Gasteiger partial charge in [-0.25, -0.2) is 44.5 Å². The Morgan fingerprint density at radius 2 is 0.805 bits per heavy atom. The molecule has 4 amide bonds. The number of likely N-dealkylation sites (N-methyl/N-ethyl adjacent to an activating group) is 1. The summed E-state index contributed by atoms with van der Waals surface area (Å²) in [5.74, 6) is -8.43. The Morgan fingerprint density at radius 3 is 1.15 bits per heavy atom. The van der Waals surface area contributed by atoms with Crippen LogP contribution in [-0.2, 0) is 19.2 Å². The summed E-state index contributed by atoms with van der Waals surface area (Å²) in [5.41, 5.74) is 6.17. The van der Waals surface area contributed by atoms with Gasteiger partial charge in [0.15, 0.2) is 11.6 Å². The number of carbonyl (C=O) groups excluding carboxylic acids is 6. The molecule has 13 atom stereocenters. The molecule has 21 nitrogen and oxygen atoms in total. The fourth-order valence-electron chi connectivity index (χ4n) is 17.2. The zero-order valence-corrected chi connectivity index (χ0v) is 67.5. The third-order valence-corrected chi connectivity index (χ3v) is 23.5. The van der Waals surface area contributed by atoms with Crippen LogP contribution in [0, 0.1) is 12.8 Å². The molecule has 0 radical (unpaired) electrons. The van der Waals surface area contributed by atoms with Gasteiger partial charge in [0.2, 0.25) is 22.7 Å². The van der Waals surface area contributed by atoms with E-state index < -0.39 is 93.6 Å². The maximum atomic E-state index is 15.6. The molecule has 622 valence electrons. The molecule has 0 spiro atoms. The lowest BCUT2D eigenvalue weighted by molar-refractivity contribution is -0.136.